The number of nitrogens with zero attached hydrogens (tertiary/aromatic N) is 1. The first-order valence-corrected chi connectivity index (χ1v) is 7.66. The molecule has 3 N–H and O–H groups in total. The molecular weight excluding hydrogens is 274 g/mol. The molecule has 1 amide bonds. The van der Waals surface area contributed by atoms with Crippen molar-refractivity contribution in [2.45, 2.75) is 20.3 Å². The minimum absolute atomic E-state index is 0.0548. The Morgan fingerprint density at radius 1 is 1.50 bits per heavy atom. The molecule has 0 unspecified atom stereocenters. The fourth-order valence-electron chi connectivity index (χ4n) is 1.57. The topological polar surface area (TPSA) is 67.6 Å². The molecule has 114 valence electrons. The molecule has 1 aromatic heterocycles. The van der Waals surface area contributed by atoms with Gasteiger partial charge in [-0.25, -0.2) is 0 Å². The Bertz CT molecular complexity index is 430. The van der Waals surface area contributed by atoms with Crippen LogP contribution in [-0.4, -0.2) is 44.7 Å². The summed E-state index contributed by atoms with van der Waals surface area (Å²) in [7, 11) is 3.45. The lowest BCUT2D eigenvalue weighted by molar-refractivity contribution is 0.0833. The first-order chi connectivity index (χ1) is 9.41. The van der Waals surface area contributed by atoms with Crippen molar-refractivity contribution in [3.63, 3.8) is 0 Å². The number of hydrogen-bond donors (Lipinski definition) is 2. The second kappa shape index (κ2) is 8.11. The Hall–Kier alpha value is -1.27. The van der Waals surface area contributed by atoms with E-state index in [4.69, 9.17) is 10.5 Å². The molecule has 0 saturated carbocycles. The van der Waals surface area contributed by atoms with Crippen molar-refractivity contribution in [2.75, 3.05) is 44.9 Å². The van der Waals surface area contributed by atoms with Gasteiger partial charge in [0.2, 0.25) is 0 Å². The second-order valence-electron chi connectivity index (χ2n) is 5.34. The summed E-state index contributed by atoms with van der Waals surface area (Å²) in [5, 5.41) is 4.20. The average molecular weight is 299 g/mol. The molecule has 0 aliphatic carbocycles. The van der Waals surface area contributed by atoms with Gasteiger partial charge in [-0.15, -0.1) is 11.3 Å². The van der Waals surface area contributed by atoms with E-state index in [0.29, 0.717) is 16.5 Å². The minimum atomic E-state index is -0.0548. The van der Waals surface area contributed by atoms with Crippen LogP contribution in [0.3, 0.4) is 0 Å². The predicted molar refractivity (Wildman–Crippen MR) is 85.5 cm³/mol. The first kappa shape index (κ1) is 16.8. The van der Waals surface area contributed by atoms with Gasteiger partial charge in [0.1, 0.15) is 4.88 Å². The summed E-state index contributed by atoms with van der Waals surface area (Å²) in [6.07, 6.45) is 0.932. The van der Waals surface area contributed by atoms with Crippen molar-refractivity contribution in [1.82, 2.24) is 4.90 Å². The first-order valence-electron chi connectivity index (χ1n) is 6.84. The number of anilines is 2. The zero-order chi connectivity index (χ0) is 15.1. The summed E-state index contributed by atoms with van der Waals surface area (Å²) in [6, 6.07) is 1.82. The zero-order valence-electron chi connectivity index (χ0n) is 12.7. The third-order valence-corrected chi connectivity index (χ3v) is 3.67. The highest BCUT2D eigenvalue weighted by Crippen LogP contribution is 2.29. The molecule has 0 fully saturated rings. The van der Waals surface area contributed by atoms with E-state index in [2.05, 4.69) is 19.2 Å². The average Bonchev–Trinajstić information content (AvgIpc) is 2.73. The Morgan fingerprint density at radius 3 is 2.80 bits per heavy atom. The summed E-state index contributed by atoms with van der Waals surface area (Å²) in [5.74, 6) is 0.514. The summed E-state index contributed by atoms with van der Waals surface area (Å²) in [5.41, 5.74) is 6.40. The third-order valence-electron chi connectivity index (χ3n) is 2.58. The van der Waals surface area contributed by atoms with Crippen LogP contribution in [0.15, 0.2) is 6.07 Å². The number of amides is 1. The number of nitrogens with two attached hydrogens (primary N) is 1. The molecule has 0 spiro atoms. The van der Waals surface area contributed by atoms with Crippen LogP contribution in [-0.2, 0) is 4.74 Å². The Labute approximate surface area is 125 Å². The molecule has 0 atom stereocenters. The van der Waals surface area contributed by atoms with Crippen LogP contribution in [0.5, 0.6) is 0 Å². The monoisotopic (exact) mass is 299 g/mol. The number of rotatable bonds is 8. The van der Waals surface area contributed by atoms with Gasteiger partial charge in [0.25, 0.3) is 5.91 Å². The van der Waals surface area contributed by atoms with Gasteiger partial charge >= 0.3 is 0 Å². The normalized spacial score (nSPS) is 10.8. The van der Waals surface area contributed by atoms with Crippen LogP contribution >= 0.6 is 11.3 Å². The summed E-state index contributed by atoms with van der Waals surface area (Å²) in [6.45, 7) is 6.63. The molecule has 0 aliphatic heterocycles. The molecule has 6 heteroatoms. The van der Waals surface area contributed by atoms with Crippen LogP contribution in [0.1, 0.15) is 29.9 Å². The number of nitrogen functional groups attached to an aromatic ring is 1. The van der Waals surface area contributed by atoms with Gasteiger partial charge in [-0.1, -0.05) is 13.8 Å². The molecule has 0 aliphatic rings. The van der Waals surface area contributed by atoms with Crippen molar-refractivity contribution in [1.29, 1.82) is 0 Å². The number of ether oxygens (including phenoxy) is 1. The van der Waals surface area contributed by atoms with Gasteiger partial charge < -0.3 is 20.7 Å². The molecule has 0 saturated heterocycles. The molecule has 1 heterocycles. The molecule has 1 rings (SSSR count). The highest BCUT2D eigenvalue weighted by Gasteiger charge is 2.15. The third kappa shape index (κ3) is 5.38. The van der Waals surface area contributed by atoms with E-state index >= 15 is 0 Å². The number of hydrogen-bond acceptors (Lipinski definition) is 5. The fourth-order valence-corrected chi connectivity index (χ4v) is 2.59. The quantitative estimate of drug-likeness (QED) is 0.724. The lowest BCUT2D eigenvalue weighted by atomic mass is 10.2. The van der Waals surface area contributed by atoms with E-state index in [9.17, 15) is 4.79 Å². The number of nitrogens with one attached hydrogen (secondary N) is 1. The lowest BCUT2D eigenvalue weighted by Gasteiger charge is -2.08. The fraction of sp³-hybridized carbons (Fsp3) is 0.643. The van der Waals surface area contributed by atoms with E-state index in [1.165, 1.54) is 16.2 Å². The van der Waals surface area contributed by atoms with Gasteiger partial charge in [-0.05, 0) is 18.4 Å². The lowest BCUT2D eigenvalue weighted by Crippen LogP contribution is -2.21. The highest BCUT2D eigenvalue weighted by atomic mass is 32.1. The number of carbonyl (C=O) groups is 1. The van der Waals surface area contributed by atoms with Gasteiger partial charge in [-0.3, -0.25) is 4.79 Å². The number of thiophene rings is 1. The minimum Gasteiger partial charge on any atom is -0.397 e. The van der Waals surface area contributed by atoms with Gasteiger partial charge in [0, 0.05) is 33.9 Å². The molecule has 1 aromatic rings. The Kier molecular flexibility index (Phi) is 6.81. The number of carbonyl (C=O) groups excluding carboxylic acids is 1. The van der Waals surface area contributed by atoms with Crippen molar-refractivity contribution in [3.8, 4) is 0 Å². The second-order valence-corrected chi connectivity index (χ2v) is 6.40. The maximum Gasteiger partial charge on any atom is 0.265 e. The van der Waals surface area contributed by atoms with E-state index in [1.54, 1.807) is 14.1 Å². The van der Waals surface area contributed by atoms with Crippen LogP contribution in [0.2, 0.25) is 0 Å². The molecule has 0 radical (unpaired) electrons. The maximum atomic E-state index is 11.9. The van der Waals surface area contributed by atoms with Crippen LogP contribution in [0.25, 0.3) is 0 Å². The van der Waals surface area contributed by atoms with Crippen LogP contribution < -0.4 is 11.1 Å². The zero-order valence-corrected chi connectivity index (χ0v) is 13.5. The maximum absolute atomic E-state index is 11.9. The summed E-state index contributed by atoms with van der Waals surface area (Å²) >= 11 is 1.40. The van der Waals surface area contributed by atoms with E-state index < -0.39 is 0 Å². The Morgan fingerprint density at radius 2 is 2.20 bits per heavy atom. The van der Waals surface area contributed by atoms with Crippen LogP contribution in [0, 0.1) is 5.92 Å². The SMILES string of the molecule is CC(C)COCCCNc1cc(N)c(C(=O)N(C)C)s1. The van der Waals surface area contributed by atoms with E-state index in [0.717, 1.165) is 31.2 Å². The van der Waals surface area contributed by atoms with Gasteiger partial charge in [-0.2, -0.15) is 0 Å². The van der Waals surface area contributed by atoms with Crippen molar-refractivity contribution < 1.29 is 9.53 Å². The van der Waals surface area contributed by atoms with Crippen LogP contribution in [0.4, 0.5) is 10.7 Å². The van der Waals surface area contributed by atoms with Gasteiger partial charge in [0.15, 0.2) is 0 Å². The molecular formula is C14H25N3O2S. The smallest absolute Gasteiger partial charge is 0.265 e. The predicted octanol–water partition coefficient (Wildman–Crippen LogP) is 2.51. The van der Waals surface area contributed by atoms with E-state index in [-0.39, 0.29) is 5.91 Å². The molecule has 0 bridgehead atoms. The molecule has 0 aromatic carbocycles. The van der Waals surface area contributed by atoms with E-state index in [1.807, 2.05) is 6.07 Å². The Balaban J connectivity index is 2.35. The van der Waals surface area contributed by atoms with Crippen molar-refractivity contribution in [3.05, 3.63) is 10.9 Å². The van der Waals surface area contributed by atoms with Crippen molar-refractivity contribution in [2.24, 2.45) is 5.92 Å². The molecule has 5 nitrogen and oxygen atoms in total. The molecule has 20 heavy (non-hydrogen) atoms. The van der Waals surface area contributed by atoms with Crippen molar-refractivity contribution >= 4 is 27.9 Å². The summed E-state index contributed by atoms with van der Waals surface area (Å²) < 4.78 is 5.51. The highest BCUT2D eigenvalue weighted by molar-refractivity contribution is 7.18. The summed E-state index contributed by atoms with van der Waals surface area (Å²) in [4.78, 5) is 14.0. The largest absolute Gasteiger partial charge is 0.397 e. The standard InChI is InChI=1S/C14H25N3O2S/c1-10(2)9-19-7-5-6-16-12-8-11(15)13(20-12)14(18)17(3)4/h8,10,16H,5-7,9,15H2,1-4H3. The van der Waals surface area contributed by atoms with Gasteiger partial charge in [0.05, 0.1) is 10.7 Å².